The van der Waals surface area contributed by atoms with Gasteiger partial charge in [-0.1, -0.05) is 165 Å². The standard InChI is InChI=1S/C62H71BN2O/c1-38-30-51-54-52(31-38)65(44-25-22-39(23-26-44)57(2,3)4)55-46-35-41(62(15,16)40-20-18-17-19-21-40)24-27-53(46)66-56(55)63(54)49-36-47-48(61(13,14)29-28-60(47,11)12)37-50(49)64(51)45-33-42(58(5,6)7)32-43(34-45)59(8,9)10/h17-27,30-37H,28-29H2,1-16H3. The second kappa shape index (κ2) is 14.5. The van der Waals surface area contributed by atoms with Crippen LogP contribution in [0.3, 0.4) is 0 Å². The molecule has 0 saturated heterocycles. The van der Waals surface area contributed by atoms with E-state index in [1.807, 2.05) is 0 Å². The molecule has 3 heterocycles. The molecule has 7 aromatic rings. The van der Waals surface area contributed by atoms with Crippen LogP contribution >= 0.6 is 0 Å². The van der Waals surface area contributed by atoms with E-state index in [9.17, 15) is 0 Å². The predicted octanol–water partition coefficient (Wildman–Crippen LogP) is 15.4. The van der Waals surface area contributed by atoms with Crippen LogP contribution in [0.25, 0.3) is 11.0 Å². The fraction of sp³-hybridized carbons (Fsp3) is 0.387. The van der Waals surface area contributed by atoms with Gasteiger partial charge in [-0.25, -0.2) is 0 Å². The third-order valence-corrected chi connectivity index (χ3v) is 15.9. The van der Waals surface area contributed by atoms with Gasteiger partial charge in [-0.05, 0) is 157 Å². The average molecular weight is 871 g/mol. The molecule has 0 unspecified atom stereocenters. The highest BCUT2D eigenvalue weighted by Crippen LogP contribution is 2.52. The maximum atomic E-state index is 7.48. The van der Waals surface area contributed by atoms with Crippen LogP contribution in [0.4, 0.5) is 34.1 Å². The molecule has 0 fully saturated rings. The highest BCUT2D eigenvalue weighted by Gasteiger charge is 2.49. The van der Waals surface area contributed by atoms with Gasteiger partial charge in [-0.2, -0.15) is 0 Å². The summed E-state index contributed by atoms with van der Waals surface area (Å²) in [4.78, 5) is 5.20. The number of rotatable bonds is 4. The van der Waals surface area contributed by atoms with Gasteiger partial charge >= 0.3 is 0 Å². The molecule has 0 N–H and O–H groups in total. The van der Waals surface area contributed by atoms with Crippen molar-refractivity contribution in [3.63, 3.8) is 0 Å². The highest BCUT2D eigenvalue weighted by molar-refractivity contribution is 7.00. The number of hydrogen-bond acceptors (Lipinski definition) is 3. The van der Waals surface area contributed by atoms with E-state index in [4.69, 9.17) is 4.42 Å². The van der Waals surface area contributed by atoms with E-state index in [-0.39, 0.29) is 39.2 Å². The average Bonchev–Trinajstić information content (AvgIpc) is 3.62. The van der Waals surface area contributed by atoms with Gasteiger partial charge in [0.25, 0.3) is 6.71 Å². The highest BCUT2D eigenvalue weighted by atomic mass is 16.3. The lowest BCUT2D eigenvalue weighted by Gasteiger charge is -2.47. The van der Waals surface area contributed by atoms with E-state index >= 15 is 0 Å². The Bertz CT molecular complexity index is 3040. The van der Waals surface area contributed by atoms with Gasteiger partial charge in [-0.3, -0.25) is 0 Å². The lowest BCUT2D eigenvalue weighted by molar-refractivity contribution is 0.332. The first kappa shape index (κ1) is 44.4. The van der Waals surface area contributed by atoms with E-state index in [0.29, 0.717) is 0 Å². The van der Waals surface area contributed by atoms with Crippen molar-refractivity contribution in [3.05, 3.63) is 160 Å². The Morgan fingerprint density at radius 1 is 0.500 bits per heavy atom. The summed E-state index contributed by atoms with van der Waals surface area (Å²) in [7, 11) is 0. The van der Waals surface area contributed by atoms with Crippen LogP contribution in [-0.4, -0.2) is 6.71 Å². The maximum Gasteiger partial charge on any atom is 0.297 e. The number of furan rings is 1. The molecule has 3 aliphatic rings. The van der Waals surface area contributed by atoms with Gasteiger partial charge in [0.05, 0.1) is 11.3 Å². The Kier molecular flexibility index (Phi) is 9.76. The molecule has 6 aromatic carbocycles. The van der Waals surface area contributed by atoms with Crippen LogP contribution in [0.15, 0.2) is 120 Å². The van der Waals surface area contributed by atoms with E-state index in [0.717, 1.165) is 40.8 Å². The Hall–Kier alpha value is -5.48. The molecule has 0 amide bonds. The van der Waals surface area contributed by atoms with Crippen LogP contribution in [0.2, 0.25) is 0 Å². The minimum atomic E-state index is -0.224. The van der Waals surface area contributed by atoms with Crippen LogP contribution < -0.4 is 26.4 Å². The summed E-state index contributed by atoms with van der Waals surface area (Å²) in [6.45, 7) is 37.7. The fourth-order valence-corrected chi connectivity index (χ4v) is 11.4. The minimum Gasteiger partial charge on any atom is -0.468 e. The Morgan fingerprint density at radius 2 is 1.05 bits per heavy atom. The number of aryl methyl sites for hydroxylation is 1. The summed E-state index contributed by atoms with van der Waals surface area (Å²) in [6, 6.07) is 44.8. The molecule has 66 heavy (non-hydrogen) atoms. The van der Waals surface area contributed by atoms with Crippen molar-refractivity contribution in [1.29, 1.82) is 0 Å². The fourth-order valence-electron chi connectivity index (χ4n) is 11.4. The molecule has 1 aromatic heterocycles. The molecule has 0 bridgehead atoms. The maximum absolute atomic E-state index is 7.48. The van der Waals surface area contributed by atoms with Crippen LogP contribution in [0, 0.1) is 6.92 Å². The first-order valence-corrected chi connectivity index (χ1v) is 24.6. The molecule has 1 aliphatic carbocycles. The van der Waals surface area contributed by atoms with E-state index in [2.05, 4.69) is 236 Å². The lowest BCUT2D eigenvalue weighted by Crippen LogP contribution is -2.61. The first-order chi connectivity index (χ1) is 30.8. The second-order valence-corrected chi connectivity index (χ2v) is 25.1. The molecular formula is C62H71BN2O. The topological polar surface area (TPSA) is 19.6 Å². The van der Waals surface area contributed by atoms with Crippen molar-refractivity contribution in [1.82, 2.24) is 0 Å². The van der Waals surface area contributed by atoms with Gasteiger partial charge < -0.3 is 14.2 Å². The molecule has 10 rings (SSSR count). The van der Waals surface area contributed by atoms with Crippen molar-refractivity contribution in [2.75, 3.05) is 9.80 Å². The van der Waals surface area contributed by atoms with Crippen LogP contribution in [0.5, 0.6) is 0 Å². The number of benzene rings is 6. The molecule has 338 valence electrons. The van der Waals surface area contributed by atoms with Gasteiger partial charge in [0, 0.05) is 39.2 Å². The van der Waals surface area contributed by atoms with E-state index in [1.54, 1.807) is 0 Å². The molecule has 0 atom stereocenters. The quantitative estimate of drug-likeness (QED) is 0.164. The van der Waals surface area contributed by atoms with Crippen molar-refractivity contribution >= 4 is 68.4 Å². The zero-order valence-electron chi connectivity index (χ0n) is 42.8. The number of anilines is 6. The lowest BCUT2D eigenvalue weighted by atomic mass is 9.35. The van der Waals surface area contributed by atoms with Gasteiger partial charge in [0.15, 0.2) is 0 Å². The molecule has 3 nitrogen and oxygen atoms in total. The summed E-state index contributed by atoms with van der Waals surface area (Å²) in [5, 5.41) is 1.15. The Morgan fingerprint density at radius 3 is 1.62 bits per heavy atom. The summed E-state index contributed by atoms with van der Waals surface area (Å²) in [6.07, 6.45) is 2.30. The molecule has 0 radical (unpaired) electrons. The number of fused-ring (bicyclic) bond motifs is 7. The summed E-state index contributed by atoms with van der Waals surface area (Å²) < 4.78 is 7.48. The monoisotopic (exact) mass is 871 g/mol. The van der Waals surface area contributed by atoms with E-state index < -0.39 is 0 Å². The second-order valence-electron chi connectivity index (χ2n) is 25.1. The predicted molar refractivity (Wildman–Crippen MR) is 285 cm³/mol. The summed E-state index contributed by atoms with van der Waals surface area (Å²) in [5.74, 6) is 0. The van der Waals surface area contributed by atoms with Gasteiger partial charge in [0.2, 0.25) is 0 Å². The van der Waals surface area contributed by atoms with Gasteiger partial charge in [-0.15, -0.1) is 0 Å². The largest absolute Gasteiger partial charge is 0.468 e. The number of hydrogen-bond donors (Lipinski definition) is 0. The third-order valence-electron chi connectivity index (χ3n) is 15.9. The molecular weight excluding hydrogens is 800 g/mol. The van der Waals surface area contributed by atoms with E-state index in [1.165, 1.54) is 78.2 Å². The molecule has 0 saturated carbocycles. The van der Waals surface area contributed by atoms with Crippen molar-refractivity contribution < 1.29 is 4.42 Å². The zero-order valence-corrected chi connectivity index (χ0v) is 42.8. The number of nitrogens with zero attached hydrogens (tertiary/aromatic N) is 2. The smallest absolute Gasteiger partial charge is 0.297 e. The SMILES string of the molecule is Cc1cc2c3c(c1)N(c1ccc(C(C)(C)C)cc1)c1c(oc4ccc(C(C)(C)c5ccccc5)cc14)B3c1cc3c(cc1N2c1cc(C(C)(C)C)cc(C(C)(C)C)c1)C(C)(C)CCC3(C)C. The normalized spacial score (nSPS) is 16.5. The molecule has 0 spiro atoms. The third kappa shape index (κ3) is 6.98. The molecule has 4 heteroatoms. The summed E-state index contributed by atoms with van der Waals surface area (Å²) >= 11 is 0. The van der Waals surface area contributed by atoms with Crippen LogP contribution in [-0.2, 0) is 32.5 Å². The van der Waals surface area contributed by atoms with Crippen molar-refractivity contribution in [3.8, 4) is 0 Å². The summed E-state index contributed by atoms with van der Waals surface area (Å²) in [5.41, 5.74) is 22.3. The Labute approximate surface area is 396 Å². The van der Waals surface area contributed by atoms with Crippen molar-refractivity contribution in [2.24, 2.45) is 0 Å². The van der Waals surface area contributed by atoms with Crippen LogP contribution in [0.1, 0.15) is 161 Å². The van der Waals surface area contributed by atoms with Gasteiger partial charge in [0.1, 0.15) is 5.58 Å². The van der Waals surface area contributed by atoms with Crippen molar-refractivity contribution in [2.45, 2.75) is 156 Å². The first-order valence-electron chi connectivity index (χ1n) is 24.6. The zero-order chi connectivity index (χ0) is 47.3. The molecule has 2 aliphatic heterocycles. The minimum absolute atomic E-state index is 0.0246. The Balaban J connectivity index is 1.34.